The van der Waals surface area contributed by atoms with Gasteiger partial charge in [-0.1, -0.05) is 25.6 Å². The van der Waals surface area contributed by atoms with E-state index in [1.807, 2.05) is 114 Å². The first kappa shape index (κ1) is 66.9. The Labute approximate surface area is 472 Å². The van der Waals surface area contributed by atoms with E-state index in [1.165, 1.54) is 18.3 Å². The molecule has 1 aliphatic rings. The summed E-state index contributed by atoms with van der Waals surface area (Å²) in [5.41, 5.74) is 6.75. The highest BCUT2D eigenvalue weighted by molar-refractivity contribution is 5.77. The molecular formula is C57H78FN13O10. The Bertz CT molecular complexity index is 3040. The first-order valence-electron chi connectivity index (χ1n) is 25.5. The molecule has 4 heterocycles. The number of hydrogen-bond donors (Lipinski definition) is 5. The molecule has 0 saturated heterocycles. The molecule has 2 bridgehead atoms. The van der Waals surface area contributed by atoms with Gasteiger partial charge in [0.15, 0.2) is 11.5 Å². The minimum atomic E-state index is -1.09. The lowest BCUT2D eigenvalue weighted by Gasteiger charge is -2.22. The van der Waals surface area contributed by atoms with Crippen LogP contribution in [0.25, 0.3) is 16.9 Å². The summed E-state index contributed by atoms with van der Waals surface area (Å²) in [5, 5.41) is 45.7. The number of nitro benzene ring substituents is 2. The lowest BCUT2D eigenvalue weighted by Crippen LogP contribution is -2.24. The van der Waals surface area contributed by atoms with Gasteiger partial charge in [0.05, 0.1) is 28.7 Å². The number of nitrogens with two attached hydrogens (primary N) is 1. The molecule has 6 N–H and O–H groups in total. The second-order valence-corrected chi connectivity index (χ2v) is 18.8. The summed E-state index contributed by atoms with van der Waals surface area (Å²) in [4.78, 5) is 52.6. The van der Waals surface area contributed by atoms with Crippen molar-refractivity contribution in [3.63, 3.8) is 0 Å². The number of nitrogen functional groups attached to an aromatic ring is 1. The number of nitrogens with one attached hydrogen (secondary N) is 2. The monoisotopic (exact) mass is 1120 g/mol. The van der Waals surface area contributed by atoms with Crippen molar-refractivity contribution in [1.29, 1.82) is 0 Å². The van der Waals surface area contributed by atoms with Crippen LogP contribution in [0.15, 0.2) is 138 Å². The molecule has 4 aromatic carbocycles. The Balaban J connectivity index is 0.000000320. The van der Waals surface area contributed by atoms with Gasteiger partial charge in [0, 0.05) is 68.0 Å². The zero-order chi connectivity index (χ0) is 58.6. The number of likely N-dealkylation sites (N-methyl/N-ethyl adjacent to an activating group) is 4. The molecule has 0 saturated carbocycles. The van der Waals surface area contributed by atoms with Gasteiger partial charge in [-0.05, 0) is 154 Å². The van der Waals surface area contributed by atoms with E-state index in [2.05, 4.69) is 25.4 Å². The number of ether oxygens (including phenoxy) is 3. The van der Waals surface area contributed by atoms with Crippen molar-refractivity contribution in [2.75, 3.05) is 113 Å². The van der Waals surface area contributed by atoms with Gasteiger partial charge in [-0.3, -0.25) is 25.0 Å². The number of aliphatic hydroxyl groups is 2. The largest absolute Gasteiger partial charge is 0.492 e. The molecule has 8 rings (SSSR count). The number of rotatable bonds is 18. The number of aromatic nitrogens is 5. The van der Waals surface area contributed by atoms with Crippen molar-refractivity contribution >= 4 is 39.7 Å². The maximum Gasteiger partial charge on any atom is 0.278 e. The van der Waals surface area contributed by atoms with Crippen molar-refractivity contribution in [1.82, 2.24) is 44.3 Å². The average Bonchev–Trinajstić information content (AvgIpc) is 4.00. The Morgan fingerprint density at radius 1 is 0.741 bits per heavy atom. The molecule has 0 spiro atoms. The molecule has 23 nitrogen and oxygen atoms in total. The van der Waals surface area contributed by atoms with Gasteiger partial charge in [0.1, 0.15) is 53.9 Å². The minimum Gasteiger partial charge on any atom is -0.492 e. The minimum absolute atomic E-state index is 0. The third kappa shape index (κ3) is 23.5. The summed E-state index contributed by atoms with van der Waals surface area (Å²) in [5.74, 6) is 2.69. The SMILES string of the molecule is C.CN(C)CCOc1ccc(N)cc1.CN(C)CCOc1ccc(Nc2ncc3c(=O)n4n(c3n2)-c2cccc(n2)[C@](C)(O)CC/C=C\C4)cc1.CN(C)CCOc1ccc([N+](=O)[O-])cc1.CNCCO.O=[N+]([O-])c1ccc(F)cc1. The third-order valence-corrected chi connectivity index (χ3v) is 11.3. The van der Waals surface area contributed by atoms with Crippen LogP contribution in [0.5, 0.6) is 17.2 Å². The molecule has 0 fully saturated rings. The van der Waals surface area contributed by atoms with Gasteiger partial charge < -0.3 is 55.5 Å². The Hall–Kier alpha value is -8.39. The van der Waals surface area contributed by atoms with E-state index in [-0.39, 0.29) is 31.0 Å². The van der Waals surface area contributed by atoms with E-state index >= 15 is 0 Å². The van der Waals surface area contributed by atoms with E-state index in [1.54, 1.807) is 47.6 Å². The number of nitrogens with zero attached hydrogens (tertiary/aromatic N) is 10. The van der Waals surface area contributed by atoms with Crippen LogP contribution in [0.2, 0.25) is 0 Å². The molecule has 3 aromatic heterocycles. The molecular weight excluding hydrogens is 1050 g/mol. The quantitative estimate of drug-likeness (QED) is 0.0240. The maximum absolute atomic E-state index is 13.3. The van der Waals surface area contributed by atoms with Gasteiger partial charge >= 0.3 is 0 Å². The van der Waals surface area contributed by atoms with E-state index in [0.717, 1.165) is 66.8 Å². The highest BCUT2D eigenvalue weighted by atomic mass is 19.1. The fraction of sp³-hybridized carbons (Fsp3) is 0.368. The molecule has 0 unspecified atom stereocenters. The highest BCUT2D eigenvalue weighted by Crippen LogP contribution is 2.27. The second-order valence-electron chi connectivity index (χ2n) is 18.8. The number of pyridine rings is 1. The van der Waals surface area contributed by atoms with Crippen molar-refractivity contribution in [3.05, 3.63) is 176 Å². The molecule has 1 atom stereocenters. The number of benzene rings is 4. The molecule has 7 aromatic rings. The van der Waals surface area contributed by atoms with Crippen LogP contribution in [0, 0.1) is 26.0 Å². The zero-order valence-electron chi connectivity index (χ0n) is 46.6. The number of non-ortho nitro benzene ring substituents is 2. The Morgan fingerprint density at radius 2 is 1.23 bits per heavy atom. The Morgan fingerprint density at radius 3 is 1.70 bits per heavy atom. The zero-order valence-corrected chi connectivity index (χ0v) is 46.6. The van der Waals surface area contributed by atoms with Gasteiger partial charge in [-0.25, -0.2) is 23.7 Å². The molecule has 0 radical (unpaired) electrons. The summed E-state index contributed by atoms with van der Waals surface area (Å²) in [6.07, 6.45) is 6.63. The van der Waals surface area contributed by atoms with Crippen LogP contribution in [0.1, 0.15) is 32.9 Å². The number of halogens is 1. The molecule has 81 heavy (non-hydrogen) atoms. The van der Waals surface area contributed by atoms with Crippen LogP contribution >= 0.6 is 0 Å². The fourth-order valence-corrected chi connectivity index (χ4v) is 6.82. The lowest BCUT2D eigenvalue weighted by molar-refractivity contribution is -0.385. The smallest absolute Gasteiger partial charge is 0.278 e. The Kier molecular flexibility index (Phi) is 28.6. The highest BCUT2D eigenvalue weighted by Gasteiger charge is 2.26. The predicted molar refractivity (Wildman–Crippen MR) is 315 cm³/mol. The van der Waals surface area contributed by atoms with Crippen molar-refractivity contribution in [3.8, 4) is 23.1 Å². The molecule has 0 aliphatic carbocycles. The average molecular weight is 1120 g/mol. The fourth-order valence-electron chi connectivity index (χ4n) is 6.82. The normalized spacial score (nSPS) is 13.6. The van der Waals surface area contributed by atoms with E-state index in [0.29, 0.717) is 80.0 Å². The first-order chi connectivity index (χ1) is 38.2. The van der Waals surface area contributed by atoms with E-state index in [4.69, 9.17) is 35.0 Å². The lowest BCUT2D eigenvalue weighted by atomic mass is 9.95. The number of nitro groups is 2. The second kappa shape index (κ2) is 34.6. The standard InChI is InChI=1S/C27H31N7O3.C10H14N2O3.C10H16N2O.C6H4FNO2.C3H9NO.CH4/c1-27(36)14-5-4-6-15-33-25(35)21-18-28-26(31-24(21)34(33)23-9-7-8-22(27)30-23)29-19-10-12-20(13-11-19)37-17-16-32(2)3;1-11(2)7-8-15-10-5-3-9(4-6-10)12(13)14;1-12(2)7-8-13-10-5-3-9(11)4-6-10;7-5-1-3-6(4-2-5)8(9)10;1-4-2-3-5;/h4,6-13,18,36H,5,14-17H2,1-3H3,(H,28,29,31);3-6H,7-8H2,1-2H3;3-6H,7-8,11H2,1-2H3;1-4H;4-5H,2-3H2,1H3;1H4/b6-4-;;;;;/t27-;;;;;/m1...../s1. The van der Waals surface area contributed by atoms with Gasteiger partial charge in [0.25, 0.3) is 16.9 Å². The molecule has 24 heteroatoms. The third-order valence-electron chi connectivity index (χ3n) is 11.3. The topological polar surface area (TPSA) is 280 Å². The van der Waals surface area contributed by atoms with Crippen LogP contribution in [-0.4, -0.2) is 161 Å². The number of hydrogen-bond acceptors (Lipinski definition) is 19. The first-order valence-corrected chi connectivity index (χ1v) is 25.5. The van der Waals surface area contributed by atoms with Gasteiger partial charge in [-0.15, -0.1) is 0 Å². The van der Waals surface area contributed by atoms with Crippen molar-refractivity contribution in [2.24, 2.45) is 0 Å². The van der Waals surface area contributed by atoms with Crippen molar-refractivity contribution < 1.29 is 38.7 Å². The van der Waals surface area contributed by atoms with Crippen LogP contribution in [0.4, 0.5) is 33.1 Å². The van der Waals surface area contributed by atoms with E-state index in [9.17, 15) is 34.5 Å². The van der Waals surface area contributed by atoms with Gasteiger partial charge in [-0.2, -0.15) is 4.98 Å². The van der Waals surface area contributed by atoms with E-state index < -0.39 is 21.3 Å². The molecule has 0 amide bonds. The van der Waals surface area contributed by atoms with Gasteiger partial charge in [0.2, 0.25) is 5.95 Å². The number of fused-ring (bicyclic) bond motifs is 6. The van der Waals surface area contributed by atoms with Crippen molar-refractivity contribution in [2.45, 2.75) is 39.3 Å². The molecule has 438 valence electrons. The number of allylic oxidation sites excluding steroid dienone is 2. The number of aliphatic hydroxyl groups excluding tert-OH is 1. The van der Waals surface area contributed by atoms with Crippen LogP contribution < -0.4 is 36.1 Å². The molecule has 1 aliphatic heterocycles. The van der Waals surface area contributed by atoms with Crippen LogP contribution in [0.3, 0.4) is 0 Å². The number of anilines is 3. The summed E-state index contributed by atoms with van der Waals surface area (Å²) >= 11 is 0. The predicted octanol–water partition coefficient (Wildman–Crippen LogP) is 7.53. The maximum atomic E-state index is 13.3. The summed E-state index contributed by atoms with van der Waals surface area (Å²) in [6, 6.07) is 30.9. The van der Waals surface area contributed by atoms with Crippen LogP contribution in [-0.2, 0) is 12.1 Å². The summed E-state index contributed by atoms with van der Waals surface area (Å²) < 4.78 is 32.0. The summed E-state index contributed by atoms with van der Waals surface area (Å²) in [6.45, 7) is 7.49. The summed E-state index contributed by atoms with van der Waals surface area (Å²) in [7, 11) is 13.8.